The molecule has 0 bridgehead atoms. The van der Waals surface area contributed by atoms with E-state index in [9.17, 15) is 14.4 Å². The van der Waals surface area contributed by atoms with Crippen molar-refractivity contribution in [2.75, 3.05) is 26.2 Å². The van der Waals surface area contributed by atoms with Gasteiger partial charge in [0.05, 0.1) is 12.2 Å². The van der Waals surface area contributed by atoms with Crippen molar-refractivity contribution in [2.45, 2.75) is 45.6 Å². The highest BCUT2D eigenvalue weighted by molar-refractivity contribution is 5.95. The molecular formula is C20H29N3O4. The lowest BCUT2D eigenvalue weighted by Gasteiger charge is -2.38. The third-order valence-electron chi connectivity index (χ3n) is 5.64. The van der Waals surface area contributed by atoms with Gasteiger partial charge in [-0.1, -0.05) is 6.92 Å². The highest BCUT2D eigenvalue weighted by Gasteiger charge is 2.34. The fraction of sp³-hybridized carbons (Fsp3) is 0.650. The van der Waals surface area contributed by atoms with Crippen LogP contribution in [0.4, 0.5) is 0 Å². The summed E-state index contributed by atoms with van der Waals surface area (Å²) in [4.78, 5) is 41.3. The van der Waals surface area contributed by atoms with Crippen LogP contribution in [0.2, 0.25) is 0 Å². The van der Waals surface area contributed by atoms with E-state index >= 15 is 0 Å². The molecule has 2 atom stereocenters. The number of piperidine rings is 2. The minimum atomic E-state index is -0.660. The number of hydrogen-bond donors (Lipinski definition) is 1. The summed E-state index contributed by atoms with van der Waals surface area (Å²) in [6.45, 7) is 6.59. The number of carbonyl (C=O) groups excluding carboxylic acids is 3. The Kier molecular flexibility index (Phi) is 6.19. The van der Waals surface area contributed by atoms with Crippen LogP contribution in [0.25, 0.3) is 0 Å². The van der Waals surface area contributed by atoms with Crippen molar-refractivity contribution in [1.29, 1.82) is 0 Å². The molecule has 0 aliphatic carbocycles. The predicted molar refractivity (Wildman–Crippen MR) is 99.9 cm³/mol. The molecule has 7 heteroatoms. The third kappa shape index (κ3) is 4.70. The Bertz CT molecular complexity index is 665. The second-order valence-corrected chi connectivity index (χ2v) is 7.80. The van der Waals surface area contributed by atoms with Gasteiger partial charge in [0, 0.05) is 26.2 Å². The number of rotatable bonds is 4. The van der Waals surface area contributed by atoms with Gasteiger partial charge in [-0.05, 0) is 50.7 Å². The largest absolute Gasteiger partial charge is 0.459 e. The first-order chi connectivity index (χ1) is 13.0. The molecule has 1 aromatic rings. The van der Waals surface area contributed by atoms with Gasteiger partial charge < -0.3 is 19.5 Å². The van der Waals surface area contributed by atoms with E-state index in [4.69, 9.17) is 4.42 Å². The lowest BCUT2D eigenvalue weighted by molar-refractivity contribution is -0.142. The van der Waals surface area contributed by atoms with Gasteiger partial charge in [0.1, 0.15) is 6.04 Å². The molecule has 2 aliphatic heterocycles. The quantitative estimate of drug-likeness (QED) is 0.871. The first-order valence-electron chi connectivity index (χ1n) is 9.87. The SMILES string of the molecule is CC1CCN(C(=O)C2CCCN(C(=O)C(C)NC(=O)c3ccco3)C2)CC1. The second kappa shape index (κ2) is 8.59. The average Bonchev–Trinajstić information content (AvgIpc) is 3.22. The number of nitrogens with zero attached hydrogens (tertiary/aromatic N) is 2. The molecule has 0 saturated carbocycles. The van der Waals surface area contributed by atoms with E-state index in [0.29, 0.717) is 19.0 Å². The van der Waals surface area contributed by atoms with Gasteiger partial charge in [0.15, 0.2) is 5.76 Å². The van der Waals surface area contributed by atoms with Gasteiger partial charge >= 0.3 is 0 Å². The molecule has 3 heterocycles. The zero-order chi connectivity index (χ0) is 19.4. The van der Waals surface area contributed by atoms with Crippen molar-refractivity contribution in [2.24, 2.45) is 11.8 Å². The Morgan fingerprint density at radius 3 is 2.56 bits per heavy atom. The lowest BCUT2D eigenvalue weighted by Crippen LogP contribution is -2.52. The highest BCUT2D eigenvalue weighted by atomic mass is 16.3. The van der Waals surface area contributed by atoms with Gasteiger partial charge in [0.25, 0.3) is 5.91 Å². The maximum absolute atomic E-state index is 12.8. The zero-order valence-corrected chi connectivity index (χ0v) is 16.1. The van der Waals surface area contributed by atoms with E-state index in [2.05, 4.69) is 12.2 Å². The van der Waals surface area contributed by atoms with Crippen molar-refractivity contribution in [1.82, 2.24) is 15.1 Å². The molecule has 3 amide bonds. The fourth-order valence-corrected chi connectivity index (χ4v) is 3.88. The maximum atomic E-state index is 12.8. The normalized spacial score (nSPS) is 22.4. The topological polar surface area (TPSA) is 82.9 Å². The monoisotopic (exact) mass is 375 g/mol. The summed E-state index contributed by atoms with van der Waals surface area (Å²) in [5, 5.41) is 2.67. The first-order valence-corrected chi connectivity index (χ1v) is 9.87. The molecule has 0 spiro atoms. The van der Waals surface area contributed by atoms with Gasteiger partial charge in [-0.2, -0.15) is 0 Å². The summed E-state index contributed by atoms with van der Waals surface area (Å²) in [6.07, 6.45) is 5.16. The molecule has 0 radical (unpaired) electrons. The second-order valence-electron chi connectivity index (χ2n) is 7.80. The van der Waals surface area contributed by atoms with Gasteiger partial charge in [0.2, 0.25) is 11.8 Å². The van der Waals surface area contributed by atoms with E-state index in [0.717, 1.165) is 38.8 Å². The van der Waals surface area contributed by atoms with E-state index in [1.165, 1.54) is 6.26 Å². The van der Waals surface area contributed by atoms with Crippen LogP contribution in [0.15, 0.2) is 22.8 Å². The molecule has 27 heavy (non-hydrogen) atoms. The van der Waals surface area contributed by atoms with Crippen molar-refractivity contribution >= 4 is 17.7 Å². The van der Waals surface area contributed by atoms with Crippen LogP contribution in [0.3, 0.4) is 0 Å². The molecule has 0 aromatic carbocycles. The standard InChI is InChI=1S/C20H29N3O4/c1-14-7-10-22(11-8-14)20(26)16-5-3-9-23(13-16)19(25)15(2)21-18(24)17-6-4-12-27-17/h4,6,12,14-16H,3,5,7-11,13H2,1-2H3,(H,21,24). The van der Waals surface area contributed by atoms with E-state index in [1.54, 1.807) is 24.0 Å². The first kappa shape index (κ1) is 19.5. The van der Waals surface area contributed by atoms with Gasteiger partial charge in [-0.15, -0.1) is 0 Å². The Morgan fingerprint density at radius 1 is 1.15 bits per heavy atom. The summed E-state index contributed by atoms with van der Waals surface area (Å²) >= 11 is 0. The molecule has 2 saturated heterocycles. The van der Waals surface area contributed by atoms with Crippen LogP contribution < -0.4 is 5.32 Å². The predicted octanol–water partition coefficient (Wildman–Crippen LogP) is 1.89. The number of furan rings is 1. The smallest absolute Gasteiger partial charge is 0.287 e. The Hall–Kier alpha value is -2.31. The van der Waals surface area contributed by atoms with E-state index in [1.807, 2.05) is 4.90 Å². The maximum Gasteiger partial charge on any atom is 0.287 e. The van der Waals surface area contributed by atoms with Crippen LogP contribution in [-0.2, 0) is 9.59 Å². The number of nitrogens with one attached hydrogen (secondary N) is 1. The summed E-state index contributed by atoms with van der Waals surface area (Å²) in [6, 6.07) is 2.53. The highest BCUT2D eigenvalue weighted by Crippen LogP contribution is 2.23. The Labute approximate surface area is 160 Å². The Balaban J connectivity index is 1.54. The minimum absolute atomic E-state index is 0.135. The summed E-state index contributed by atoms with van der Waals surface area (Å²) in [5.74, 6) is 0.334. The number of hydrogen-bond acceptors (Lipinski definition) is 4. The van der Waals surface area contributed by atoms with Crippen molar-refractivity contribution < 1.29 is 18.8 Å². The summed E-state index contributed by atoms with van der Waals surface area (Å²) < 4.78 is 5.06. The van der Waals surface area contributed by atoms with Crippen molar-refractivity contribution in [3.63, 3.8) is 0 Å². The lowest BCUT2D eigenvalue weighted by atomic mass is 9.93. The van der Waals surface area contributed by atoms with Crippen molar-refractivity contribution in [3.8, 4) is 0 Å². The molecule has 1 aromatic heterocycles. The van der Waals surface area contributed by atoms with Gasteiger partial charge in [-0.3, -0.25) is 14.4 Å². The van der Waals surface area contributed by atoms with Gasteiger partial charge in [-0.25, -0.2) is 0 Å². The van der Waals surface area contributed by atoms with Crippen molar-refractivity contribution in [3.05, 3.63) is 24.2 Å². The molecule has 7 nitrogen and oxygen atoms in total. The minimum Gasteiger partial charge on any atom is -0.459 e. The molecule has 148 valence electrons. The molecule has 1 N–H and O–H groups in total. The van der Waals surface area contributed by atoms with Crippen LogP contribution in [0, 0.1) is 11.8 Å². The average molecular weight is 375 g/mol. The number of amides is 3. The Morgan fingerprint density at radius 2 is 1.89 bits per heavy atom. The van der Waals surface area contributed by atoms with Crippen LogP contribution in [0.5, 0.6) is 0 Å². The molecule has 3 rings (SSSR count). The number of likely N-dealkylation sites (tertiary alicyclic amines) is 2. The summed E-state index contributed by atoms with van der Waals surface area (Å²) in [5.41, 5.74) is 0. The van der Waals surface area contributed by atoms with Crippen LogP contribution >= 0.6 is 0 Å². The molecular weight excluding hydrogens is 346 g/mol. The van der Waals surface area contributed by atoms with E-state index < -0.39 is 11.9 Å². The van der Waals surface area contributed by atoms with E-state index in [-0.39, 0.29) is 23.5 Å². The fourth-order valence-electron chi connectivity index (χ4n) is 3.88. The number of carbonyl (C=O) groups is 3. The van der Waals surface area contributed by atoms with Crippen LogP contribution in [0.1, 0.15) is 50.1 Å². The molecule has 2 unspecified atom stereocenters. The summed E-state index contributed by atoms with van der Waals surface area (Å²) in [7, 11) is 0. The molecule has 2 fully saturated rings. The molecule has 2 aliphatic rings. The third-order valence-corrected chi connectivity index (χ3v) is 5.64. The zero-order valence-electron chi connectivity index (χ0n) is 16.1. The van der Waals surface area contributed by atoms with Crippen LogP contribution in [-0.4, -0.2) is 59.7 Å².